The molecule has 2 aliphatic rings. The van der Waals surface area contributed by atoms with Crippen molar-refractivity contribution in [3.8, 4) is 0 Å². The Bertz CT molecular complexity index is 370. The molecule has 3 rings (SSSR count). The first-order valence-electron chi connectivity index (χ1n) is 6.18. The predicted molar refractivity (Wildman–Crippen MR) is 58.9 cm³/mol. The maximum Gasteiger partial charge on any atom is 0.136 e. The molecule has 0 radical (unpaired) electrons. The summed E-state index contributed by atoms with van der Waals surface area (Å²) < 4.78 is 1.93. The Hall–Kier alpha value is -0.940. The number of fused-ring (bicyclic) bond motifs is 1. The molecule has 0 amide bonds. The maximum atomic E-state index is 9.97. The molecule has 0 saturated carbocycles. The van der Waals surface area contributed by atoms with E-state index in [1.165, 1.54) is 12.8 Å². The molecule has 0 spiro atoms. The van der Waals surface area contributed by atoms with Gasteiger partial charge in [-0.25, -0.2) is 0 Å². The number of aliphatic hydroxyl groups is 1. The summed E-state index contributed by atoms with van der Waals surface area (Å²) in [7, 11) is 0. The number of aryl methyl sites for hydroxylation is 1. The molecule has 88 valence electrons. The van der Waals surface area contributed by atoms with Gasteiger partial charge in [-0.05, 0) is 32.2 Å². The van der Waals surface area contributed by atoms with E-state index in [1.54, 1.807) is 0 Å². The number of nitrogens with zero attached hydrogens (tertiary/aromatic N) is 3. The number of nitrogens with one attached hydrogen (secondary N) is 1. The van der Waals surface area contributed by atoms with E-state index in [0.717, 1.165) is 43.9 Å². The van der Waals surface area contributed by atoms with E-state index in [1.807, 2.05) is 4.57 Å². The molecule has 2 N–H and O–H groups in total. The lowest BCUT2D eigenvalue weighted by atomic mass is 10.1. The molecule has 1 aromatic rings. The van der Waals surface area contributed by atoms with Crippen molar-refractivity contribution in [2.24, 2.45) is 0 Å². The molecule has 3 heterocycles. The Morgan fingerprint density at radius 1 is 1.31 bits per heavy atom. The van der Waals surface area contributed by atoms with Crippen LogP contribution in [0.4, 0.5) is 0 Å². The summed E-state index contributed by atoms with van der Waals surface area (Å²) in [6.07, 6.45) is 5.73. The van der Waals surface area contributed by atoms with Crippen molar-refractivity contribution in [2.45, 2.75) is 50.8 Å². The van der Waals surface area contributed by atoms with Gasteiger partial charge in [0.05, 0.1) is 0 Å². The highest BCUT2D eigenvalue weighted by Gasteiger charge is 2.25. The average Bonchev–Trinajstić information content (AvgIpc) is 2.90. The molecular formula is C11H18N4O. The Morgan fingerprint density at radius 2 is 2.25 bits per heavy atom. The molecule has 2 unspecified atom stereocenters. The summed E-state index contributed by atoms with van der Waals surface area (Å²) in [6.45, 7) is 1.11. The van der Waals surface area contributed by atoms with Gasteiger partial charge in [-0.3, -0.25) is 4.57 Å². The zero-order valence-electron chi connectivity index (χ0n) is 9.39. The van der Waals surface area contributed by atoms with Crippen LogP contribution < -0.4 is 5.32 Å². The van der Waals surface area contributed by atoms with Crippen molar-refractivity contribution in [2.75, 3.05) is 6.54 Å². The van der Waals surface area contributed by atoms with Gasteiger partial charge in [0.25, 0.3) is 0 Å². The fourth-order valence-electron chi connectivity index (χ4n) is 2.74. The third-order valence-electron chi connectivity index (χ3n) is 3.59. The first-order valence-corrected chi connectivity index (χ1v) is 6.18. The van der Waals surface area contributed by atoms with E-state index in [0.29, 0.717) is 6.04 Å². The van der Waals surface area contributed by atoms with Gasteiger partial charge in [0.15, 0.2) is 0 Å². The molecule has 0 aliphatic carbocycles. The summed E-state index contributed by atoms with van der Waals surface area (Å²) in [5.74, 6) is 1.90. The van der Waals surface area contributed by atoms with Crippen LogP contribution in [0.5, 0.6) is 0 Å². The van der Waals surface area contributed by atoms with Crippen LogP contribution in [0, 0.1) is 0 Å². The summed E-state index contributed by atoms with van der Waals surface area (Å²) in [5.41, 5.74) is 0. The van der Waals surface area contributed by atoms with Gasteiger partial charge < -0.3 is 10.4 Å². The number of hydrogen-bond acceptors (Lipinski definition) is 4. The molecule has 1 aromatic heterocycles. The molecule has 0 aromatic carbocycles. The van der Waals surface area contributed by atoms with Gasteiger partial charge in [-0.1, -0.05) is 0 Å². The zero-order valence-corrected chi connectivity index (χ0v) is 9.39. The van der Waals surface area contributed by atoms with E-state index in [4.69, 9.17) is 0 Å². The molecule has 5 nitrogen and oxygen atoms in total. The van der Waals surface area contributed by atoms with Crippen LogP contribution in [0.15, 0.2) is 0 Å². The summed E-state index contributed by atoms with van der Waals surface area (Å²) in [4.78, 5) is 0. The smallest absolute Gasteiger partial charge is 0.136 e. The van der Waals surface area contributed by atoms with Crippen LogP contribution in [0.2, 0.25) is 0 Å². The second kappa shape index (κ2) is 4.14. The standard InChI is InChI=1S/C11H18N4O/c16-11-5-1-4-9-13-14-10(15(9)11)7-8-3-2-6-12-8/h8,11-12,16H,1-7H2. The Balaban J connectivity index is 1.81. The SMILES string of the molecule is OC1CCCc2nnc(CC3CCCN3)n21. The lowest BCUT2D eigenvalue weighted by Gasteiger charge is -2.22. The Morgan fingerprint density at radius 3 is 3.06 bits per heavy atom. The highest BCUT2D eigenvalue weighted by Crippen LogP contribution is 2.24. The molecule has 1 fully saturated rings. The third kappa shape index (κ3) is 1.74. The highest BCUT2D eigenvalue weighted by molar-refractivity contribution is 5.02. The molecule has 2 aliphatic heterocycles. The Kier molecular flexibility index (Phi) is 2.65. The van der Waals surface area contributed by atoms with Crippen LogP contribution >= 0.6 is 0 Å². The average molecular weight is 222 g/mol. The number of aromatic nitrogens is 3. The molecule has 1 saturated heterocycles. The van der Waals surface area contributed by atoms with Crippen molar-refractivity contribution in [1.82, 2.24) is 20.1 Å². The van der Waals surface area contributed by atoms with E-state index in [9.17, 15) is 5.11 Å². The number of aliphatic hydroxyl groups excluding tert-OH is 1. The fourth-order valence-corrected chi connectivity index (χ4v) is 2.74. The van der Waals surface area contributed by atoms with Gasteiger partial charge in [-0.2, -0.15) is 0 Å². The third-order valence-corrected chi connectivity index (χ3v) is 3.59. The van der Waals surface area contributed by atoms with Crippen molar-refractivity contribution in [3.63, 3.8) is 0 Å². The highest BCUT2D eigenvalue weighted by atomic mass is 16.3. The zero-order chi connectivity index (χ0) is 11.0. The minimum absolute atomic E-state index is 0.407. The molecule has 5 heteroatoms. The largest absolute Gasteiger partial charge is 0.373 e. The number of hydrogen-bond donors (Lipinski definition) is 2. The first kappa shape index (κ1) is 10.2. The first-order chi connectivity index (χ1) is 7.84. The molecule has 2 atom stereocenters. The lowest BCUT2D eigenvalue weighted by Crippen LogP contribution is -2.27. The maximum absolute atomic E-state index is 9.97. The second-order valence-corrected chi connectivity index (χ2v) is 4.77. The normalized spacial score (nSPS) is 29.3. The topological polar surface area (TPSA) is 63.0 Å². The molecule has 0 bridgehead atoms. The predicted octanol–water partition coefficient (Wildman–Crippen LogP) is 0.400. The molecule has 16 heavy (non-hydrogen) atoms. The minimum atomic E-state index is -0.407. The second-order valence-electron chi connectivity index (χ2n) is 4.77. The van der Waals surface area contributed by atoms with Gasteiger partial charge in [0.1, 0.15) is 17.9 Å². The summed E-state index contributed by atoms with van der Waals surface area (Å²) >= 11 is 0. The Labute approximate surface area is 94.9 Å². The molecular weight excluding hydrogens is 204 g/mol. The lowest BCUT2D eigenvalue weighted by molar-refractivity contribution is 0.0746. The van der Waals surface area contributed by atoms with Gasteiger partial charge in [-0.15, -0.1) is 10.2 Å². The van der Waals surface area contributed by atoms with Crippen molar-refractivity contribution >= 4 is 0 Å². The van der Waals surface area contributed by atoms with Crippen LogP contribution in [-0.4, -0.2) is 32.5 Å². The van der Waals surface area contributed by atoms with Crippen molar-refractivity contribution in [1.29, 1.82) is 0 Å². The number of rotatable bonds is 2. The van der Waals surface area contributed by atoms with E-state index < -0.39 is 6.23 Å². The van der Waals surface area contributed by atoms with E-state index in [2.05, 4.69) is 15.5 Å². The minimum Gasteiger partial charge on any atom is -0.373 e. The fraction of sp³-hybridized carbons (Fsp3) is 0.818. The van der Waals surface area contributed by atoms with E-state index in [-0.39, 0.29) is 0 Å². The monoisotopic (exact) mass is 222 g/mol. The quantitative estimate of drug-likeness (QED) is 0.760. The van der Waals surface area contributed by atoms with Gasteiger partial charge in [0.2, 0.25) is 0 Å². The summed E-state index contributed by atoms with van der Waals surface area (Å²) in [5, 5.41) is 21.8. The van der Waals surface area contributed by atoms with Crippen LogP contribution in [-0.2, 0) is 12.8 Å². The van der Waals surface area contributed by atoms with Crippen molar-refractivity contribution in [3.05, 3.63) is 11.6 Å². The van der Waals surface area contributed by atoms with Gasteiger partial charge in [0, 0.05) is 18.9 Å². The van der Waals surface area contributed by atoms with Crippen LogP contribution in [0.3, 0.4) is 0 Å². The van der Waals surface area contributed by atoms with Crippen LogP contribution in [0.1, 0.15) is 43.6 Å². The van der Waals surface area contributed by atoms with Crippen molar-refractivity contribution < 1.29 is 5.11 Å². The van der Waals surface area contributed by atoms with Gasteiger partial charge >= 0.3 is 0 Å². The van der Waals surface area contributed by atoms with Crippen LogP contribution in [0.25, 0.3) is 0 Å². The van der Waals surface area contributed by atoms with E-state index >= 15 is 0 Å². The summed E-state index contributed by atoms with van der Waals surface area (Å²) in [6, 6.07) is 0.516.